The molecule has 2 N–H and O–H groups in total. The van der Waals surface area contributed by atoms with Gasteiger partial charge in [-0.1, -0.05) is 182 Å². The van der Waals surface area contributed by atoms with Crippen molar-refractivity contribution in [3.8, 4) is 0 Å². The maximum absolute atomic E-state index is 12.8. The van der Waals surface area contributed by atoms with Crippen LogP contribution >= 0.6 is 0 Å². The molecule has 52 heavy (non-hydrogen) atoms. The van der Waals surface area contributed by atoms with E-state index in [4.69, 9.17) is 0 Å². The van der Waals surface area contributed by atoms with E-state index in [9.17, 15) is 9.59 Å². The molecule has 0 spiro atoms. The average Bonchev–Trinajstić information content (AvgIpc) is 3.16. The Labute approximate surface area is 323 Å². The number of nitrogens with zero attached hydrogens (tertiary/aromatic N) is 2. The summed E-state index contributed by atoms with van der Waals surface area (Å²) in [4.78, 5) is 30.4. The van der Waals surface area contributed by atoms with Crippen molar-refractivity contribution in [2.75, 3.05) is 52.4 Å². The molecule has 0 heterocycles. The van der Waals surface area contributed by atoms with Crippen LogP contribution in [0.3, 0.4) is 0 Å². The second-order valence-electron chi connectivity index (χ2n) is 15.4. The minimum Gasteiger partial charge on any atom is -0.351 e. The molecular weight excluding hydrogens is 641 g/mol. The van der Waals surface area contributed by atoms with Crippen molar-refractivity contribution in [3.05, 3.63) is 35.4 Å². The van der Waals surface area contributed by atoms with Crippen LogP contribution in [0.5, 0.6) is 0 Å². The Bertz CT molecular complexity index is 862. The van der Waals surface area contributed by atoms with E-state index in [1.165, 1.54) is 167 Å². The van der Waals surface area contributed by atoms with Crippen molar-refractivity contribution in [1.82, 2.24) is 20.4 Å². The van der Waals surface area contributed by atoms with Gasteiger partial charge in [-0.05, 0) is 63.3 Å². The van der Waals surface area contributed by atoms with Crippen LogP contribution in [0.2, 0.25) is 0 Å². The molecule has 0 radical (unpaired) electrons. The summed E-state index contributed by atoms with van der Waals surface area (Å²) in [6, 6.07) is 7.07. The largest absolute Gasteiger partial charge is 0.351 e. The fourth-order valence-corrected chi connectivity index (χ4v) is 7.19. The molecule has 0 aliphatic carbocycles. The Balaban J connectivity index is 2.10. The van der Waals surface area contributed by atoms with Crippen LogP contribution in [0.4, 0.5) is 0 Å². The predicted octanol–water partition coefficient (Wildman–Crippen LogP) is 12.0. The summed E-state index contributed by atoms with van der Waals surface area (Å²) in [5.74, 6) is -0.147. The first kappa shape index (κ1) is 48.1. The van der Waals surface area contributed by atoms with Gasteiger partial charge in [-0.15, -0.1) is 0 Å². The lowest BCUT2D eigenvalue weighted by molar-refractivity contribution is 0.0936. The first-order valence-corrected chi connectivity index (χ1v) is 22.7. The summed E-state index contributed by atoms with van der Waals surface area (Å²) in [6.07, 6.45) is 35.8. The van der Waals surface area contributed by atoms with Gasteiger partial charge in [0, 0.05) is 37.3 Å². The van der Waals surface area contributed by atoms with Gasteiger partial charge in [0.25, 0.3) is 11.8 Å². The standard InChI is InChI=1S/C46H86N4O2/c1-5-9-11-13-15-17-19-21-23-25-27-29-31-39-49(7-3)41-37-47-45(51)43-33-35-44(36-34-43)46(52)48-38-42-50(8-4)40-32-30-28-26-24-22-20-18-16-14-12-10-6-2/h33-36H,5-32,37-42H2,1-4H3,(H,47,51)(H,48,52). The summed E-state index contributed by atoms with van der Waals surface area (Å²) in [6.45, 7) is 16.2. The van der Waals surface area contributed by atoms with Crippen LogP contribution in [0.1, 0.15) is 215 Å². The van der Waals surface area contributed by atoms with Crippen molar-refractivity contribution in [2.45, 2.75) is 195 Å². The third-order valence-electron chi connectivity index (χ3n) is 10.9. The minimum absolute atomic E-state index is 0.0734. The quantitative estimate of drug-likeness (QED) is 0.0666. The van der Waals surface area contributed by atoms with E-state index in [0.29, 0.717) is 24.2 Å². The van der Waals surface area contributed by atoms with Gasteiger partial charge < -0.3 is 20.4 Å². The number of amides is 2. The number of nitrogens with one attached hydrogen (secondary N) is 2. The molecule has 6 nitrogen and oxygen atoms in total. The number of rotatable bonds is 38. The van der Waals surface area contributed by atoms with Gasteiger partial charge in [0.05, 0.1) is 0 Å². The van der Waals surface area contributed by atoms with Crippen molar-refractivity contribution in [2.24, 2.45) is 0 Å². The van der Waals surface area contributed by atoms with Gasteiger partial charge in [0.1, 0.15) is 0 Å². The molecule has 0 aliphatic rings. The molecule has 2 amide bonds. The van der Waals surface area contributed by atoms with Crippen LogP contribution in [-0.2, 0) is 0 Å². The molecule has 0 aromatic heterocycles. The minimum atomic E-state index is -0.0734. The number of carbonyl (C=O) groups excluding carboxylic acids is 2. The van der Waals surface area contributed by atoms with E-state index in [1.807, 2.05) is 0 Å². The monoisotopic (exact) mass is 727 g/mol. The average molecular weight is 727 g/mol. The van der Waals surface area contributed by atoms with Crippen molar-refractivity contribution in [1.29, 1.82) is 0 Å². The molecular formula is C46H86N4O2. The van der Waals surface area contributed by atoms with E-state index >= 15 is 0 Å². The lowest BCUT2D eigenvalue weighted by atomic mass is 10.0. The van der Waals surface area contributed by atoms with Crippen molar-refractivity contribution in [3.63, 3.8) is 0 Å². The van der Waals surface area contributed by atoms with E-state index in [-0.39, 0.29) is 11.8 Å². The van der Waals surface area contributed by atoms with E-state index in [2.05, 4.69) is 48.1 Å². The zero-order valence-electron chi connectivity index (χ0n) is 35.1. The molecule has 0 unspecified atom stereocenters. The molecule has 302 valence electrons. The summed E-state index contributed by atoms with van der Waals surface area (Å²) in [7, 11) is 0. The van der Waals surface area contributed by atoms with Crippen LogP contribution in [-0.4, -0.2) is 74.0 Å². The molecule has 1 aromatic rings. The molecule has 6 heteroatoms. The van der Waals surface area contributed by atoms with Crippen molar-refractivity contribution < 1.29 is 9.59 Å². The van der Waals surface area contributed by atoms with Gasteiger partial charge in [0.2, 0.25) is 0 Å². The second kappa shape index (κ2) is 36.1. The van der Waals surface area contributed by atoms with E-state index in [0.717, 1.165) is 39.3 Å². The molecule has 0 fully saturated rings. The highest BCUT2D eigenvalue weighted by Gasteiger charge is 2.11. The Morgan fingerprint density at radius 2 is 0.635 bits per heavy atom. The van der Waals surface area contributed by atoms with Crippen molar-refractivity contribution >= 4 is 11.8 Å². The Morgan fingerprint density at radius 3 is 0.885 bits per heavy atom. The van der Waals surface area contributed by atoms with Crippen LogP contribution in [0, 0.1) is 0 Å². The zero-order valence-corrected chi connectivity index (χ0v) is 35.1. The normalized spacial score (nSPS) is 11.5. The Hall–Kier alpha value is -1.92. The highest BCUT2D eigenvalue weighted by molar-refractivity contribution is 5.97. The van der Waals surface area contributed by atoms with Gasteiger partial charge in [-0.3, -0.25) is 9.59 Å². The van der Waals surface area contributed by atoms with Crippen LogP contribution in [0.25, 0.3) is 0 Å². The zero-order chi connectivity index (χ0) is 37.7. The maximum atomic E-state index is 12.8. The fraction of sp³-hybridized carbons (Fsp3) is 0.826. The lowest BCUT2D eigenvalue weighted by Crippen LogP contribution is -2.36. The van der Waals surface area contributed by atoms with Gasteiger partial charge in [-0.2, -0.15) is 0 Å². The Morgan fingerprint density at radius 1 is 0.385 bits per heavy atom. The molecule has 0 saturated heterocycles. The van der Waals surface area contributed by atoms with Crippen LogP contribution in [0.15, 0.2) is 24.3 Å². The van der Waals surface area contributed by atoms with Gasteiger partial charge in [-0.25, -0.2) is 0 Å². The molecule has 0 saturated carbocycles. The second-order valence-corrected chi connectivity index (χ2v) is 15.4. The number of hydrogen-bond acceptors (Lipinski definition) is 4. The summed E-state index contributed by atoms with van der Waals surface area (Å²) < 4.78 is 0. The predicted molar refractivity (Wildman–Crippen MR) is 227 cm³/mol. The fourth-order valence-electron chi connectivity index (χ4n) is 7.19. The van der Waals surface area contributed by atoms with E-state index < -0.39 is 0 Å². The summed E-state index contributed by atoms with van der Waals surface area (Å²) in [5, 5.41) is 6.15. The summed E-state index contributed by atoms with van der Waals surface area (Å²) in [5.41, 5.74) is 1.21. The Kier molecular flexibility index (Phi) is 33.4. The highest BCUT2D eigenvalue weighted by atomic mass is 16.2. The topological polar surface area (TPSA) is 64.7 Å². The smallest absolute Gasteiger partial charge is 0.251 e. The third-order valence-corrected chi connectivity index (χ3v) is 10.9. The molecule has 1 rings (SSSR count). The molecule has 0 aliphatic heterocycles. The first-order valence-electron chi connectivity index (χ1n) is 22.7. The van der Waals surface area contributed by atoms with Crippen LogP contribution < -0.4 is 10.6 Å². The first-order chi connectivity index (χ1) is 25.5. The number of benzene rings is 1. The summed E-state index contributed by atoms with van der Waals surface area (Å²) >= 11 is 0. The third kappa shape index (κ3) is 27.7. The number of likely N-dealkylation sites (N-methyl/N-ethyl adjacent to an activating group) is 2. The SMILES string of the molecule is CCCCCCCCCCCCCCCN(CC)CCNC(=O)c1ccc(C(=O)NCCN(CC)CCCCCCCCCCCCCCC)cc1. The highest BCUT2D eigenvalue weighted by Crippen LogP contribution is 2.14. The number of unbranched alkanes of at least 4 members (excludes halogenated alkanes) is 24. The molecule has 0 atom stereocenters. The van der Waals surface area contributed by atoms with Gasteiger partial charge in [0.15, 0.2) is 0 Å². The lowest BCUT2D eigenvalue weighted by Gasteiger charge is -2.20. The number of hydrogen-bond donors (Lipinski definition) is 2. The molecule has 0 bridgehead atoms. The number of carbonyl (C=O) groups is 2. The molecule has 1 aromatic carbocycles. The maximum Gasteiger partial charge on any atom is 0.251 e. The van der Waals surface area contributed by atoms with Gasteiger partial charge >= 0.3 is 0 Å². The van der Waals surface area contributed by atoms with E-state index in [1.54, 1.807) is 24.3 Å².